The molecule has 3 rings (SSSR count). The third-order valence-corrected chi connectivity index (χ3v) is 4.32. The largest absolute Gasteiger partial charge is 0.387 e. The van der Waals surface area contributed by atoms with Crippen molar-refractivity contribution >= 4 is 5.82 Å². The normalized spacial score (nSPS) is 16.5. The molecule has 5 nitrogen and oxygen atoms in total. The van der Waals surface area contributed by atoms with Crippen LogP contribution in [0.2, 0.25) is 0 Å². The van der Waals surface area contributed by atoms with E-state index in [2.05, 4.69) is 16.0 Å². The number of nitriles is 1. The van der Waals surface area contributed by atoms with Crippen molar-refractivity contribution in [3.8, 4) is 6.07 Å². The van der Waals surface area contributed by atoms with Crippen LogP contribution in [0.4, 0.5) is 14.6 Å². The van der Waals surface area contributed by atoms with Gasteiger partial charge in [0.05, 0.1) is 17.7 Å². The summed E-state index contributed by atoms with van der Waals surface area (Å²) in [5.41, 5.74) is 0.668. The van der Waals surface area contributed by atoms with Gasteiger partial charge in [0.25, 0.3) is 0 Å². The highest BCUT2D eigenvalue weighted by Gasteiger charge is 2.22. The van der Waals surface area contributed by atoms with Crippen molar-refractivity contribution in [2.24, 2.45) is 0 Å². The highest BCUT2D eigenvalue weighted by atomic mass is 19.1. The fourth-order valence-electron chi connectivity index (χ4n) is 2.94. The predicted octanol–water partition coefficient (Wildman–Crippen LogP) is 2.09. The van der Waals surface area contributed by atoms with Gasteiger partial charge in [-0.15, -0.1) is 0 Å². The van der Waals surface area contributed by atoms with Crippen LogP contribution in [0.1, 0.15) is 17.2 Å². The maximum absolute atomic E-state index is 13.7. The van der Waals surface area contributed by atoms with E-state index in [9.17, 15) is 13.9 Å². The van der Waals surface area contributed by atoms with Crippen molar-refractivity contribution in [3.63, 3.8) is 0 Å². The number of aromatic nitrogens is 1. The lowest BCUT2D eigenvalue weighted by Gasteiger charge is -2.36. The highest BCUT2D eigenvalue weighted by molar-refractivity contribution is 5.45. The number of benzene rings is 1. The monoisotopic (exact) mass is 344 g/mol. The lowest BCUT2D eigenvalue weighted by molar-refractivity contribution is 0.106. The fourth-order valence-corrected chi connectivity index (χ4v) is 2.94. The van der Waals surface area contributed by atoms with Gasteiger partial charge in [-0.25, -0.2) is 13.8 Å². The first-order chi connectivity index (χ1) is 12.1. The molecule has 1 aliphatic heterocycles. The van der Waals surface area contributed by atoms with Gasteiger partial charge in [-0.3, -0.25) is 4.90 Å². The Labute approximate surface area is 144 Å². The molecule has 0 saturated carbocycles. The average molecular weight is 344 g/mol. The zero-order valence-corrected chi connectivity index (χ0v) is 13.6. The van der Waals surface area contributed by atoms with E-state index in [-0.39, 0.29) is 12.1 Å². The van der Waals surface area contributed by atoms with Crippen molar-refractivity contribution in [3.05, 3.63) is 59.3 Å². The van der Waals surface area contributed by atoms with E-state index in [4.69, 9.17) is 5.26 Å². The van der Waals surface area contributed by atoms with Crippen LogP contribution in [0, 0.1) is 23.0 Å². The third-order valence-electron chi connectivity index (χ3n) is 4.32. The molecule has 1 aromatic carbocycles. The quantitative estimate of drug-likeness (QED) is 0.920. The van der Waals surface area contributed by atoms with Crippen LogP contribution in [-0.2, 0) is 0 Å². The topological polar surface area (TPSA) is 63.4 Å². The van der Waals surface area contributed by atoms with Crippen molar-refractivity contribution < 1.29 is 13.9 Å². The molecule has 1 aliphatic rings. The minimum Gasteiger partial charge on any atom is -0.387 e. The molecule has 7 heteroatoms. The van der Waals surface area contributed by atoms with Gasteiger partial charge in [0, 0.05) is 50.6 Å². The number of piperazine rings is 1. The number of nitrogens with zero attached hydrogens (tertiary/aromatic N) is 4. The number of β-amino-alcohol motifs (C(OH)–C–C–N with tert-alkyl or cyclic N) is 1. The van der Waals surface area contributed by atoms with E-state index >= 15 is 0 Å². The number of rotatable bonds is 4. The summed E-state index contributed by atoms with van der Waals surface area (Å²) in [5, 5.41) is 19.2. The number of pyridine rings is 1. The van der Waals surface area contributed by atoms with Crippen molar-refractivity contribution in [1.29, 1.82) is 5.26 Å². The summed E-state index contributed by atoms with van der Waals surface area (Å²) >= 11 is 0. The van der Waals surface area contributed by atoms with Gasteiger partial charge in [-0.05, 0) is 18.2 Å². The van der Waals surface area contributed by atoms with Crippen LogP contribution < -0.4 is 4.90 Å². The summed E-state index contributed by atoms with van der Waals surface area (Å²) in [4.78, 5) is 8.38. The number of hydrogen-bond donors (Lipinski definition) is 1. The Morgan fingerprint density at radius 2 is 1.92 bits per heavy atom. The SMILES string of the molecule is N#Cc1ccnc(N2CCN(C[C@H](O)c3ccc(F)cc3F)CC2)c1. The molecule has 0 radical (unpaired) electrons. The number of aliphatic hydroxyl groups is 1. The first-order valence-corrected chi connectivity index (χ1v) is 8.03. The van der Waals surface area contributed by atoms with Crippen LogP contribution in [0.15, 0.2) is 36.5 Å². The summed E-state index contributed by atoms with van der Waals surface area (Å²) in [5.74, 6) is -0.637. The lowest BCUT2D eigenvalue weighted by Crippen LogP contribution is -2.47. The van der Waals surface area contributed by atoms with Gasteiger partial charge in [-0.2, -0.15) is 5.26 Å². The number of anilines is 1. The van der Waals surface area contributed by atoms with E-state index in [1.165, 1.54) is 6.07 Å². The zero-order chi connectivity index (χ0) is 17.8. The maximum atomic E-state index is 13.7. The van der Waals surface area contributed by atoms with E-state index in [1.807, 2.05) is 4.90 Å². The van der Waals surface area contributed by atoms with Crippen LogP contribution in [-0.4, -0.2) is 47.7 Å². The van der Waals surface area contributed by atoms with E-state index in [0.29, 0.717) is 31.7 Å². The maximum Gasteiger partial charge on any atom is 0.131 e. The van der Waals surface area contributed by atoms with E-state index in [0.717, 1.165) is 18.0 Å². The molecule has 0 amide bonds. The highest BCUT2D eigenvalue weighted by Crippen LogP contribution is 2.21. The molecule has 0 aliphatic carbocycles. The Hall–Kier alpha value is -2.56. The smallest absolute Gasteiger partial charge is 0.131 e. The minimum absolute atomic E-state index is 0.104. The molecule has 2 aromatic rings. The molecule has 130 valence electrons. The summed E-state index contributed by atoms with van der Waals surface area (Å²) in [6, 6.07) is 8.71. The number of halogens is 2. The summed E-state index contributed by atoms with van der Waals surface area (Å²) < 4.78 is 26.7. The Kier molecular flexibility index (Phi) is 5.22. The van der Waals surface area contributed by atoms with Gasteiger partial charge in [0.15, 0.2) is 0 Å². The molecule has 1 saturated heterocycles. The van der Waals surface area contributed by atoms with Gasteiger partial charge in [-0.1, -0.05) is 6.07 Å². The summed E-state index contributed by atoms with van der Waals surface area (Å²) in [6.07, 6.45) is 0.605. The standard InChI is InChI=1S/C18H18F2N4O/c19-14-1-2-15(16(20)10-14)17(25)12-23-5-7-24(8-6-23)18-9-13(11-21)3-4-22-18/h1-4,9-10,17,25H,5-8,12H2/t17-/m0/s1. The van der Waals surface area contributed by atoms with Gasteiger partial charge < -0.3 is 10.0 Å². The van der Waals surface area contributed by atoms with Gasteiger partial charge in [0.2, 0.25) is 0 Å². The van der Waals surface area contributed by atoms with Crippen LogP contribution in [0.3, 0.4) is 0 Å². The van der Waals surface area contributed by atoms with Crippen LogP contribution >= 0.6 is 0 Å². The Bertz CT molecular complexity index is 785. The van der Waals surface area contributed by atoms with Crippen LogP contribution in [0.25, 0.3) is 0 Å². The molecule has 0 unspecified atom stereocenters. The number of aliphatic hydroxyl groups excluding tert-OH is 1. The predicted molar refractivity (Wildman–Crippen MR) is 88.9 cm³/mol. The second-order valence-electron chi connectivity index (χ2n) is 5.98. The second kappa shape index (κ2) is 7.55. The minimum atomic E-state index is -1.01. The van der Waals surface area contributed by atoms with Crippen molar-refractivity contribution in [1.82, 2.24) is 9.88 Å². The van der Waals surface area contributed by atoms with E-state index < -0.39 is 17.7 Å². The lowest BCUT2D eigenvalue weighted by atomic mass is 10.1. The average Bonchev–Trinajstić information content (AvgIpc) is 2.62. The Balaban J connectivity index is 1.58. The first kappa shape index (κ1) is 17.3. The van der Waals surface area contributed by atoms with Gasteiger partial charge >= 0.3 is 0 Å². The molecule has 1 fully saturated rings. The third kappa shape index (κ3) is 4.10. The van der Waals surface area contributed by atoms with Crippen molar-refractivity contribution in [2.45, 2.75) is 6.10 Å². The fraction of sp³-hybridized carbons (Fsp3) is 0.333. The molecule has 0 spiro atoms. The van der Waals surface area contributed by atoms with Crippen molar-refractivity contribution in [2.75, 3.05) is 37.6 Å². The Morgan fingerprint density at radius 1 is 1.16 bits per heavy atom. The molecular formula is C18H18F2N4O. The molecule has 25 heavy (non-hydrogen) atoms. The zero-order valence-electron chi connectivity index (χ0n) is 13.6. The molecule has 1 aromatic heterocycles. The molecule has 2 heterocycles. The number of hydrogen-bond acceptors (Lipinski definition) is 5. The van der Waals surface area contributed by atoms with Gasteiger partial charge in [0.1, 0.15) is 17.5 Å². The molecular weight excluding hydrogens is 326 g/mol. The van der Waals surface area contributed by atoms with E-state index in [1.54, 1.807) is 18.3 Å². The summed E-state index contributed by atoms with van der Waals surface area (Å²) in [7, 11) is 0. The molecule has 0 bridgehead atoms. The second-order valence-corrected chi connectivity index (χ2v) is 5.98. The molecule has 1 N–H and O–H groups in total. The first-order valence-electron chi connectivity index (χ1n) is 8.03. The Morgan fingerprint density at radius 3 is 2.60 bits per heavy atom. The molecule has 1 atom stereocenters. The van der Waals surface area contributed by atoms with Crippen LogP contribution in [0.5, 0.6) is 0 Å². The summed E-state index contributed by atoms with van der Waals surface area (Å²) in [6.45, 7) is 3.03.